The Morgan fingerprint density at radius 2 is 1.32 bits per heavy atom. The third-order valence-electron chi connectivity index (χ3n) is 9.15. The van der Waals surface area contributed by atoms with E-state index in [-0.39, 0.29) is 5.41 Å². The molecule has 224 valence electrons. The molecular formula is C35H27F4NO2S2. The lowest BCUT2D eigenvalue weighted by Gasteiger charge is -2.30. The van der Waals surface area contributed by atoms with E-state index in [0.717, 1.165) is 38.6 Å². The van der Waals surface area contributed by atoms with Gasteiger partial charge in [-0.3, -0.25) is 9.59 Å². The van der Waals surface area contributed by atoms with Gasteiger partial charge in [-0.2, -0.15) is 0 Å². The van der Waals surface area contributed by atoms with Crippen molar-refractivity contribution in [1.29, 1.82) is 0 Å². The number of carbonyl (C=O) groups is 2. The zero-order chi connectivity index (χ0) is 31.8. The van der Waals surface area contributed by atoms with E-state index in [1.54, 1.807) is 28.7 Å². The molecule has 0 N–H and O–H groups in total. The molecule has 1 aliphatic heterocycles. The fraction of sp³-hybridized carbons (Fsp3) is 0.257. The van der Waals surface area contributed by atoms with Crippen molar-refractivity contribution in [1.82, 2.24) is 0 Å². The quantitative estimate of drug-likeness (QED) is 0.0725. The minimum Gasteiger partial charge on any atom is -0.304 e. The zero-order valence-electron chi connectivity index (χ0n) is 25.1. The first-order valence-electron chi connectivity index (χ1n) is 14.1. The Kier molecular flexibility index (Phi) is 5.99. The molecule has 0 spiro atoms. The third kappa shape index (κ3) is 3.48. The topological polar surface area (TPSA) is 37.4 Å². The number of hydrogen-bond donors (Lipinski definition) is 0. The Balaban J connectivity index is 1.48. The summed E-state index contributed by atoms with van der Waals surface area (Å²) in [4.78, 5) is 31.1. The molecule has 0 saturated carbocycles. The van der Waals surface area contributed by atoms with Gasteiger partial charge in [0, 0.05) is 37.4 Å². The number of thiophene rings is 2. The van der Waals surface area contributed by atoms with Crippen LogP contribution in [0, 0.1) is 44.0 Å². The van der Waals surface area contributed by atoms with E-state index in [0.29, 0.717) is 0 Å². The van der Waals surface area contributed by atoms with E-state index in [9.17, 15) is 27.2 Å². The van der Waals surface area contributed by atoms with Crippen LogP contribution in [0.5, 0.6) is 0 Å². The number of carbonyl (C=O) groups excluding carboxylic acids is 2. The maximum atomic E-state index is 14.6. The standard InChI is InChI=1S/C35H27F4NO2S2/c1-14-12-15(2)28(16(3)13-14)40-19(9-8-18-29(41)21-22(30(18)42)25(37)27(39)26(38)24(21)36)34(4,5)23-20-17-10-11-43-31(17)35(6,7)32(20)44-33(23)40/h8-13H,1-7H3/b19-9+. The van der Waals surface area contributed by atoms with Crippen LogP contribution in [-0.4, -0.2) is 11.6 Å². The number of aryl methyl sites for hydroxylation is 3. The van der Waals surface area contributed by atoms with Crippen molar-refractivity contribution in [3.8, 4) is 11.1 Å². The summed E-state index contributed by atoms with van der Waals surface area (Å²) < 4.78 is 57.3. The molecule has 7 rings (SSSR count). The smallest absolute Gasteiger partial charge is 0.200 e. The van der Waals surface area contributed by atoms with Gasteiger partial charge in [0.25, 0.3) is 0 Å². The highest BCUT2D eigenvalue weighted by Crippen LogP contribution is 2.66. The van der Waals surface area contributed by atoms with Crippen LogP contribution in [0.4, 0.5) is 28.3 Å². The molecule has 0 saturated heterocycles. The summed E-state index contributed by atoms with van der Waals surface area (Å²) in [5.41, 5.74) is 4.89. The van der Waals surface area contributed by atoms with Crippen molar-refractivity contribution in [2.45, 2.75) is 59.3 Å². The lowest BCUT2D eigenvalue weighted by atomic mass is 9.81. The molecule has 0 radical (unpaired) electrons. The molecule has 2 aromatic carbocycles. The summed E-state index contributed by atoms with van der Waals surface area (Å²) >= 11 is 3.46. The number of hydrogen-bond acceptors (Lipinski definition) is 5. The molecule has 44 heavy (non-hydrogen) atoms. The van der Waals surface area contributed by atoms with Crippen molar-refractivity contribution < 1.29 is 27.2 Å². The second-order valence-corrected chi connectivity index (χ2v) is 14.7. The number of anilines is 2. The van der Waals surface area contributed by atoms with Crippen LogP contribution in [-0.2, 0) is 10.8 Å². The number of fused-ring (bicyclic) bond motifs is 6. The van der Waals surface area contributed by atoms with E-state index >= 15 is 0 Å². The Labute approximate surface area is 260 Å². The second-order valence-electron chi connectivity index (χ2n) is 12.8. The van der Waals surface area contributed by atoms with Gasteiger partial charge in [-0.15, -0.1) is 22.7 Å². The van der Waals surface area contributed by atoms with Gasteiger partial charge in [0.2, 0.25) is 11.6 Å². The van der Waals surface area contributed by atoms with Crippen LogP contribution in [0.15, 0.2) is 47.0 Å². The number of nitrogens with zero attached hydrogens (tertiary/aromatic N) is 1. The monoisotopic (exact) mass is 633 g/mol. The van der Waals surface area contributed by atoms with Gasteiger partial charge in [-0.25, -0.2) is 17.6 Å². The first-order chi connectivity index (χ1) is 20.6. The van der Waals surface area contributed by atoms with Gasteiger partial charge in [0.1, 0.15) is 5.00 Å². The SMILES string of the molecule is Cc1cc(C)c(N2/C(=C/C=C3C(=O)c4c(F)c(F)c(F)c(F)c4C3=O)C(C)(C)c3c2sc2c3-c3ccsc3C2(C)C)c(C)c1. The average molecular weight is 634 g/mol. The number of halogens is 4. The predicted octanol–water partition coefficient (Wildman–Crippen LogP) is 9.92. The Bertz CT molecular complexity index is 2020. The highest BCUT2D eigenvalue weighted by atomic mass is 32.1. The predicted molar refractivity (Wildman–Crippen MR) is 167 cm³/mol. The van der Waals surface area contributed by atoms with Gasteiger partial charge < -0.3 is 4.90 Å². The van der Waals surface area contributed by atoms with Gasteiger partial charge in [-0.05, 0) is 61.1 Å². The Hall–Kier alpha value is -3.82. The normalized spacial score (nSPS) is 18.3. The van der Waals surface area contributed by atoms with Gasteiger partial charge >= 0.3 is 0 Å². The van der Waals surface area contributed by atoms with Crippen LogP contribution in [0.3, 0.4) is 0 Å². The molecule has 0 amide bonds. The van der Waals surface area contributed by atoms with Gasteiger partial charge in [0.15, 0.2) is 23.3 Å². The molecular weight excluding hydrogens is 607 g/mol. The summed E-state index contributed by atoms with van der Waals surface area (Å²) in [6, 6.07) is 6.35. The maximum Gasteiger partial charge on any atom is 0.200 e. The Morgan fingerprint density at radius 3 is 1.89 bits per heavy atom. The van der Waals surface area contributed by atoms with Crippen LogP contribution >= 0.6 is 22.7 Å². The van der Waals surface area contributed by atoms with Gasteiger partial charge in [-0.1, -0.05) is 45.4 Å². The molecule has 0 fully saturated rings. The minimum atomic E-state index is -2.12. The summed E-state index contributed by atoms with van der Waals surface area (Å²) in [5, 5.41) is 3.13. The minimum absolute atomic E-state index is 0.175. The van der Waals surface area contributed by atoms with E-state index in [4.69, 9.17) is 0 Å². The lowest BCUT2D eigenvalue weighted by Crippen LogP contribution is -2.24. The molecule has 4 aromatic rings. The van der Waals surface area contributed by atoms with Crippen LogP contribution in [0.2, 0.25) is 0 Å². The van der Waals surface area contributed by atoms with Crippen molar-refractivity contribution in [3.05, 3.63) is 113 Å². The third-order valence-corrected chi connectivity index (χ3v) is 11.9. The van der Waals surface area contributed by atoms with E-state index < -0.39 is 57.0 Å². The van der Waals surface area contributed by atoms with E-state index in [1.165, 1.54) is 27.0 Å². The lowest BCUT2D eigenvalue weighted by molar-refractivity contribution is 0.0986. The molecule has 0 bridgehead atoms. The second kappa shape index (κ2) is 9.11. The summed E-state index contributed by atoms with van der Waals surface area (Å²) in [6.45, 7) is 14.7. The number of Topliss-reactive ketones (excluding diaryl/α,β-unsaturated/α-hetero) is 2. The molecule has 2 aliphatic carbocycles. The summed E-state index contributed by atoms with van der Waals surface area (Å²) in [5.74, 6) is -10.3. The summed E-state index contributed by atoms with van der Waals surface area (Å²) in [7, 11) is 0. The maximum absolute atomic E-state index is 14.6. The zero-order valence-corrected chi connectivity index (χ0v) is 26.7. The largest absolute Gasteiger partial charge is 0.304 e. The highest BCUT2D eigenvalue weighted by Gasteiger charge is 2.51. The molecule has 9 heteroatoms. The van der Waals surface area contributed by atoms with Gasteiger partial charge in [0.05, 0.1) is 22.4 Å². The van der Waals surface area contributed by atoms with E-state index in [1.807, 2.05) is 20.8 Å². The van der Waals surface area contributed by atoms with Crippen LogP contribution in [0.1, 0.15) is 80.4 Å². The van der Waals surface area contributed by atoms with Crippen molar-refractivity contribution in [2.75, 3.05) is 4.90 Å². The van der Waals surface area contributed by atoms with Crippen molar-refractivity contribution >= 4 is 44.9 Å². The average Bonchev–Trinajstić information content (AvgIpc) is 3.70. The van der Waals surface area contributed by atoms with Crippen molar-refractivity contribution in [2.24, 2.45) is 0 Å². The molecule has 3 nitrogen and oxygen atoms in total. The number of benzene rings is 2. The number of allylic oxidation sites excluding steroid dienone is 4. The highest BCUT2D eigenvalue weighted by molar-refractivity contribution is 7.18. The molecule has 0 atom stereocenters. The first kappa shape index (κ1) is 28.9. The number of ketones is 2. The van der Waals surface area contributed by atoms with E-state index in [2.05, 4.69) is 56.2 Å². The first-order valence-corrected chi connectivity index (χ1v) is 15.8. The molecule has 3 heterocycles. The Morgan fingerprint density at radius 1 is 0.750 bits per heavy atom. The number of rotatable bonds is 2. The summed E-state index contributed by atoms with van der Waals surface area (Å²) in [6.07, 6.45) is 2.87. The fourth-order valence-corrected chi connectivity index (χ4v) is 9.94. The molecule has 0 unspecified atom stereocenters. The molecule has 3 aliphatic rings. The van der Waals surface area contributed by atoms with Crippen molar-refractivity contribution in [3.63, 3.8) is 0 Å². The van der Waals surface area contributed by atoms with Crippen LogP contribution < -0.4 is 4.90 Å². The van der Waals surface area contributed by atoms with Crippen LogP contribution in [0.25, 0.3) is 11.1 Å². The molecule has 2 aromatic heterocycles. The fourth-order valence-electron chi connectivity index (χ4n) is 7.24.